The van der Waals surface area contributed by atoms with E-state index in [1.807, 2.05) is 12.3 Å². The Kier molecular flexibility index (Phi) is 3.85. The minimum absolute atomic E-state index is 0.358. The van der Waals surface area contributed by atoms with E-state index in [1.54, 1.807) is 0 Å². The number of aryl methyl sites for hydroxylation is 1. The van der Waals surface area contributed by atoms with Crippen molar-refractivity contribution >= 4 is 15.9 Å². The Bertz CT molecular complexity index is 367. The van der Waals surface area contributed by atoms with Crippen molar-refractivity contribution in [2.24, 2.45) is 5.92 Å². The molecule has 0 aliphatic heterocycles. The average Bonchev–Trinajstić information content (AvgIpc) is 2.24. The molecule has 0 N–H and O–H groups in total. The smallest absolute Gasteiger partial charge is 0.213 e. The highest BCUT2D eigenvalue weighted by atomic mass is 79.9. The second-order valence-corrected chi connectivity index (χ2v) is 5.64. The first-order valence-corrected chi connectivity index (χ1v) is 6.73. The molecule has 1 aliphatic rings. The quantitative estimate of drug-likeness (QED) is 0.815. The van der Waals surface area contributed by atoms with Crippen LogP contribution in [0.15, 0.2) is 16.7 Å². The largest absolute Gasteiger partial charge is 0.474 e. The van der Waals surface area contributed by atoms with E-state index >= 15 is 0 Å². The highest BCUT2D eigenvalue weighted by molar-refractivity contribution is 9.10. The zero-order valence-corrected chi connectivity index (χ0v) is 11.5. The van der Waals surface area contributed by atoms with Gasteiger partial charge in [-0.1, -0.05) is 13.3 Å². The van der Waals surface area contributed by atoms with Crippen LogP contribution >= 0.6 is 15.9 Å². The SMILES string of the molecule is Cc1cc(OC2CCCC(C)C2)ncc1Br. The molecule has 0 bridgehead atoms. The lowest BCUT2D eigenvalue weighted by molar-refractivity contribution is 0.124. The molecule has 0 radical (unpaired) electrons. The van der Waals surface area contributed by atoms with Crippen LogP contribution in [0.5, 0.6) is 5.88 Å². The van der Waals surface area contributed by atoms with Crippen LogP contribution in [0, 0.1) is 12.8 Å². The molecule has 0 spiro atoms. The highest BCUT2D eigenvalue weighted by Crippen LogP contribution is 2.27. The van der Waals surface area contributed by atoms with E-state index in [-0.39, 0.29) is 0 Å². The normalized spacial score (nSPS) is 25.4. The molecule has 0 amide bonds. The predicted molar refractivity (Wildman–Crippen MR) is 68.7 cm³/mol. The van der Waals surface area contributed by atoms with Crippen molar-refractivity contribution in [3.63, 3.8) is 0 Å². The number of hydrogen-bond donors (Lipinski definition) is 0. The molecule has 2 atom stereocenters. The summed E-state index contributed by atoms with van der Waals surface area (Å²) in [5.41, 5.74) is 1.17. The van der Waals surface area contributed by atoms with E-state index in [9.17, 15) is 0 Å². The Balaban J connectivity index is 2.00. The number of nitrogens with zero attached hydrogens (tertiary/aromatic N) is 1. The van der Waals surface area contributed by atoms with Gasteiger partial charge in [-0.05, 0) is 53.6 Å². The van der Waals surface area contributed by atoms with Crippen LogP contribution in [0.3, 0.4) is 0 Å². The van der Waals surface area contributed by atoms with Crippen LogP contribution in [0.25, 0.3) is 0 Å². The topological polar surface area (TPSA) is 22.1 Å². The molecule has 16 heavy (non-hydrogen) atoms. The fourth-order valence-corrected chi connectivity index (χ4v) is 2.45. The highest BCUT2D eigenvalue weighted by Gasteiger charge is 2.20. The lowest BCUT2D eigenvalue weighted by Gasteiger charge is -2.26. The van der Waals surface area contributed by atoms with Crippen molar-refractivity contribution in [1.82, 2.24) is 4.98 Å². The maximum Gasteiger partial charge on any atom is 0.213 e. The summed E-state index contributed by atoms with van der Waals surface area (Å²) in [4.78, 5) is 4.29. The Labute approximate surface area is 106 Å². The number of pyridine rings is 1. The number of hydrogen-bond acceptors (Lipinski definition) is 2. The van der Waals surface area contributed by atoms with Crippen molar-refractivity contribution in [2.75, 3.05) is 0 Å². The van der Waals surface area contributed by atoms with Gasteiger partial charge in [0.1, 0.15) is 6.10 Å². The van der Waals surface area contributed by atoms with Crippen molar-refractivity contribution in [3.05, 3.63) is 22.3 Å². The van der Waals surface area contributed by atoms with Crippen LogP contribution in [0.2, 0.25) is 0 Å². The van der Waals surface area contributed by atoms with Crippen LogP contribution < -0.4 is 4.74 Å². The first-order valence-electron chi connectivity index (χ1n) is 5.94. The van der Waals surface area contributed by atoms with Crippen molar-refractivity contribution < 1.29 is 4.74 Å². The first kappa shape index (κ1) is 11.9. The number of rotatable bonds is 2. The van der Waals surface area contributed by atoms with Crippen molar-refractivity contribution in [2.45, 2.75) is 45.6 Å². The Hall–Kier alpha value is -0.570. The van der Waals surface area contributed by atoms with Gasteiger partial charge in [-0.15, -0.1) is 0 Å². The summed E-state index contributed by atoms with van der Waals surface area (Å²) in [6.45, 7) is 4.36. The zero-order valence-electron chi connectivity index (χ0n) is 9.87. The molecule has 88 valence electrons. The van der Waals surface area contributed by atoms with E-state index < -0.39 is 0 Å². The minimum Gasteiger partial charge on any atom is -0.474 e. The van der Waals surface area contributed by atoms with Gasteiger partial charge in [0.15, 0.2) is 0 Å². The molecular weight excluding hydrogens is 266 g/mol. The van der Waals surface area contributed by atoms with Gasteiger partial charge in [-0.25, -0.2) is 4.98 Å². The molecule has 1 saturated carbocycles. The summed E-state index contributed by atoms with van der Waals surface area (Å²) in [5.74, 6) is 1.55. The lowest BCUT2D eigenvalue weighted by atomic mass is 9.89. The molecular formula is C13H18BrNO. The molecule has 1 aliphatic carbocycles. The van der Waals surface area contributed by atoms with Crippen LogP contribution in [-0.2, 0) is 0 Å². The molecule has 0 aromatic carbocycles. The molecule has 2 nitrogen and oxygen atoms in total. The summed E-state index contributed by atoms with van der Waals surface area (Å²) < 4.78 is 6.97. The second kappa shape index (κ2) is 5.17. The summed E-state index contributed by atoms with van der Waals surface area (Å²) >= 11 is 3.45. The molecule has 0 saturated heterocycles. The van der Waals surface area contributed by atoms with Crippen LogP contribution in [0.1, 0.15) is 38.2 Å². The zero-order chi connectivity index (χ0) is 11.5. The maximum absolute atomic E-state index is 5.93. The van der Waals surface area contributed by atoms with Crippen LogP contribution in [0.4, 0.5) is 0 Å². The van der Waals surface area contributed by atoms with Gasteiger partial charge in [0.25, 0.3) is 0 Å². The number of aromatic nitrogens is 1. The van der Waals surface area contributed by atoms with E-state index in [0.717, 1.165) is 22.7 Å². The van der Waals surface area contributed by atoms with Gasteiger partial charge in [0, 0.05) is 16.7 Å². The van der Waals surface area contributed by atoms with Gasteiger partial charge in [0.2, 0.25) is 5.88 Å². The minimum atomic E-state index is 0.358. The van der Waals surface area contributed by atoms with Crippen molar-refractivity contribution in [3.8, 4) is 5.88 Å². The summed E-state index contributed by atoms with van der Waals surface area (Å²) in [5, 5.41) is 0. The average molecular weight is 284 g/mol. The fraction of sp³-hybridized carbons (Fsp3) is 0.615. The monoisotopic (exact) mass is 283 g/mol. The number of ether oxygens (including phenoxy) is 1. The van der Waals surface area contributed by atoms with E-state index in [0.29, 0.717) is 6.10 Å². The molecule has 2 rings (SSSR count). The summed E-state index contributed by atoms with van der Waals surface area (Å²) in [6, 6.07) is 2.00. The van der Waals surface area contributed by atoms with Gasteiger partial charge in [-0.2, -0.15) is 0 Å². The molecule has 1 aromatic heterocycles. The van der Waals surface area contributed by atoms with Gasteiger partial charge in [0.05, 0.1) is 0 Å². The van der Waals surface area contributed by atoms with Gasteiger partial charge >= 0.3 is 0 Å². The summed E-state index contributed by atoms with van der Waals surface area (Å²) in [7, 11) is 0. The molecule has 1 fully saturated rings. The predicted octanol–water partition coefficient (Wildman–Crippen LogP) is 4.11. The Morgan fingerprint density at radius 1 is 1.44 bits per heavy atom. The first-order chi connectivity index (χ1) is 7.65. The summed E-state index contributed by atoms with van der Waals surface area (Å²) in [6.07, 6.45) is 7.12. The van der Waals surface area contributed by atoms with Crippen LogP contribution in [-0.4, -0.2) is 11.1 Å². The fourth-order valence-electron chi connectivity index (χ4n) is 2.23. The molecule has 1 aromatic rings. The third kappa shape index (κ3) is 2.97. The molecule has 1 heterocycles. The second-order valence-electron chi connectivity index (χ2n) is 4.78. The van der Waals surface area contributed by atoms with Gasteiger partial charge < -0.3 is 4.74 Å². The third-order valence-electron chi connectivity index (χ3n) is 3.20. The lowest BCUT2D eigenvalue weighted by Crippen LogP contribution is -2.24. The number of halogens is 1. The van der Waals surface area contributed by atoms with E-state index in [2.05, 4.69) is 34.8 Å². The van der Waals surface area contributed by atoms with Crippen molar-refractivity contribution in [1.29, 1.82) is 0 Å². The van der Waals surface area contributed by atoms with Gasteiger partial charge in [-0.3, -0.25) is 0 Å². The Morgan fingerprint density at radius 3 is 2.94 bits per heavy atom. The van der Waals surface area contributed by atoms with E-state index in [1.165, 1.54) is 24.8 Å². The molecule has 2 unspecified atom stereocenters. The standard InChI is InChI=1S/C13H18BrNO/c1-9-4-3-5-11(6-9)16-13-7-10(2)12(14)8-15-13/h7-9,11H,3-6H2,1-2H3. The van der Waals surface area contributed by atoms with E-state index in [4.69, 9.17) is 4.74 Å². The third-order valence-corrected chi connectivity index (χ3v) is 4.03. The Morgan fingerprint density at radius 2 is 2.25 bits per heavy atom. The maximum atomic E-state index is 5.93. The molecule has 3 heteroatoms.